The molecule has 0 amide bonds. The van der Waals surface area contributed by atoms with E-state index in [0.717, 1.165) is 0 Å². The van der Waals surface area contributed by atoms with Crippen LogP contribution in [0.1, 0.15) is 45.7 Å². The molecule has 0 unspecified atom stereocenters. The minimum Gasteiger partial charge on any atom is -0.0776 e. The number of hydrogen-bond donors (Lipinski definition) is 0. The summed E-state index contributed by atoms with van der Waals surface area (Å²) in [6.45, 7) is 6.62. The maximum absolute atomic E-state index is 2.29. The second kappa shape index (κ2) is 8.36. The van der Waals surface area contributed by atoms with Crippen molar-refractivity contribution in [3.63, 3.8) is 0 Å². The van der Waals surface area contributed by atoms with Crippen LogP contribution in [0.4, 0.5) is 0 Å². The lowest BCUT2D eigenvalue weighted by Crippen LogP contribution is -3.61. The lowest BCUT2D eigenvalue weighted by atomic mass is 10.0. The van der Waals surface area contributed by atoms with Crippen molar-refractivity contribution in [1.82, 2.24) is 0 Å². The average molecular weight is 369 g/mol. The molecule has 2 aromatic carbocycles. The summed E-state index contributed by atoms with van der Waals surface area (Å²) >= 11 is -0.0167. The predicted octanol–water partition coefficient (Wildman–Crippen LogP) is 2.52. The Morgan fingerprint density at radius 3 is 1.58 bits per heavy atom. The molecule has 1 heteroatoms. The van der Waals surface area contributed by atoms with Crippen molar-refractivity contribution in [2.45, 2.75) is 41.5 Å². The van der Waals surface area contributed by atoms with E-state index in [1.807, 2.05) is 0 Å². The van der Waals surface area contributed by atoms with Gasteiger partial charge in [0.25, 0.3) is 0 Å². The fourth-order valence-corrected chi connectivity index (χ4v) is 3.79. The van der Waals surface area contributed by atoms with Gasteiger partial charge in [0.05, 0.1) is 0 Å². The summed E-state index contributed by atoms with van der Waals surface area (Å²) in [6.07, 6.45) is 0. The van der Waals surface area contributed by atoms with E-state index in [1.54, 1.807) is 0 Å². The first-order valence-electron chi connectivity index (χ1n) is 5.96. The molecule has 0 saturated carbocycles. The van der Waals surface area contributed by atoms with E-state index in [4.69, 9.17) is 0 Å². The molecule has 0 aromatic heterocycles. The molecule has 0 nitrogen and oxygen atoms in total. The van der Waals surface area contributed by atoms with E-state index in [9.17, 15) is 0 Å². The van der Waals surface area contributed by atoms with Crippen molar-refractivity contribution in [2.75, 3.05) is 0 Å². The summed E-state index contributed by atoms with van der Waals surface area (Å²) in [7, 11) is 0. The quantitative estimate of drug-likeness (QED) is 0.730. The summed E-state index contributed by atoms with van der Waals surface area (Å²) in [5, 5.41) is 0. The lowest BCUT2D eigenvalue weighted by molar-refractivity contribution is -0.597. The summed E-state index contributed by atoms with van der Waals surface area (Å²) in [4.78, 5) is 0. The van der Waals surface area contributed by atoms with Gasteiger partial charge in [-0.2, -0.15) is 0 Å². The largest absolute Gasteiger partial charge is 0.357 e. The normalized spacial score (nSPS) is 9.68. The Morgan fingerprint density at radius 1 is 0.737 bits per heavy atom. The molecule has 0 atom stereocenters. The second-order valence-electron chi connectivity index (χ2n) is 4.60. The van der Waals surface area contributed by atoms with Gasteiger partial charge >= 0.3 is 21.2 Å². The molecular weight excluding hydrogens is 343 g/mol. The topological polar surface area (TPSA) is 0 Å². The van der Waals surface area contributed by atoms with Crippen LogP contribution in [0.25, 0.3) is 0 Å². The average Bonchev–Trinajstić information content (AvgIpc) is 2.33. The Morgan fingerprint density at radius 2 is 1.16 bits per heavy atom. The Kier molecular flexibility index (Phi) is 8.00. The molecule has 2 rings (SSSR count). The molecule has 0 aliphatic rings. The van der Waals surface area contributed by atoms with Gasteiger partial charge in [-0.1, -0.05) is 58.5 Å². The number of aryl methyl sites for hydroxylation is 1. The van der Waals surface area contributed by atoms with Crippen molar-refractivity contribution in [2.24, 2.45) is 0 Å². The van der Waals surface area contributed by atoms with E-state index < -0.39 is 0 Å². The first-order chi connectivity index (χ1) is 8.15. The van der Waals surface area contributed by atoms with Gasteiger partial charge in [0.1, 0.15) is 0 Å². The highest BCUT2D eigenvalue weighted by Crippen LogP contribution is 2.11. The van der Waals surface area contributed by atoms with E-state index in [1.165, 1.54) is 18.3 Å². The Hall–Kier alpha value is -0.830. The van der Waals surface area contributed by atoms with Crippen molar-refractivity contribution >= 4 is 0 Å². The van der Waals surface area contributed by atoms with Crippen LogP contribution in [0.3, 0.4) is 0 Å². The molecule has 2 aromatic rings. The van der Waals surface area contributed by atoms with E-state index in [0.29, 0.717) is 5.92 Å². The molecule has 0 radical (unpaired) electrons. The van der Waals surface area contributed by atoms with E-state index >= 15 is 0 Å². The van der Waals surface area contributed by atoms with Crippen LogP contribution < -0.4 is 21.2 Å². The summed E-state index contributed by atoms with van der Waals surface area (Å²) in [6, 6.07) is 18.1. The van der Waals surface area contributed by atoms with Gasteiger partial charge < -0.3 is 0 Å². The third-order valence-corrected chi connectivity index (χ3v) is 5.45. The molecule has 104 valence electrons. The maximum Gasteiger partial charge on any atom is 0.357 e. The van der Waals surface area contributed by atoms with Crippen LogP contribution in [0.15, 0.2) is 48.5 Å². The van der Waals surface area contributed by atoms with Gasteiger partial charge in [0.15, 0.2) is 7.14 Å². The van der Waals surface area contributed by atoms with Gasteiger partial charge in [-0.25, -0.2) is 0 Å². The number of rotatable bonds is 3. The summed E-state index contributed by atoms with van der Waals surface area (Å²) in [5.41, 5.74) is 2.77. The number of halogens is 1. The van der Waals surface area contributed by atoms with Gasteiger partial charge in [-0.3, -0.25) is 0 Å². The SMILES string of the molecule is C.C.Cc1ccc([I+]c2ccc(C(C)C)cc2)cc1. The molecule has 0 spiro atoms. The van der Waals surface area contributed by atoms with Crippen LogP contribution in [-0.4, -0.2) is 0 Å². The van der Waals surface area contributed by atoms with Crippen LogP contribution in [-0.2, 0) is 0 Å². The first-order valence-corrected chi connectivity index (χ1v) is 8.12. The number of benzene rings is 2. The molecular formula is C18H26I+. The van der Waals surface area contributed by atoms with Crippen LogP contribution in [0.5, 0.6) is 0 Å². The monoisotopic (exact) mass is 369 g/mol. The second-order valence-corrected chi connectivity index (χ2v) is 7.63. The zero-order valence-electron chi connectivity index (χ0n) is 10.6. The Balaban J connectivity index is 0.00000162. The molecule has 0 N–H and O–H groups in total. The van der Waals surface area contributed by atoms with E-state index in [-0.39, 0.29) is 36.1 Å². The van der Waals surface area contributed by atoms with Gasteiger partial charge in [0, 0.05) is 0 Å². The maximum atomic E-state index is 2.29. The zero-order valence-corrected chi connectivity index (χ0v) is 12.7. The fraction of sp³-hybridized carbons (Fsp3) is 0.333. The van der Waals surface area contributed by atoms with Gasteiger partial charge in [0.2, 0.25) is 0 Å². The Labute approximate surface area is 129 Å². The molecule has 0 aliphatic heterocycles. The highest BCUT2D eigenvalue weighted by Gasteiger charge is 2.14. The lowest BCUT2D eigenvalue weighted by Gasteiger charge is -2.02. The van der Waals surface area contributed by atoms with E-state index in [2.05, 4.69) is 69.3 Å². The molecule has 0 bridgehead atoms. The van der Waals surface area contributed by atoms with Crippen molar-refractivity contribution in [3.8, 4) is 0 Å². The fourth-order valence-electron chi connectivity index (χ4n) is 1.63. The predicted molar refractivity (Wildman–Crippen MR) is 82.6 cm³/mol. The van der Waals surface area contributed by atoms with Crippen molar-refractivity contribution in [3.05, 3.63) is 66.8 Å². The van der Waals surface area contributed by atoms with Gasteiger partial charge in [-0.15, -0.1) is 0 Å². The highest BCUT2D eigenvalue weighted by molar-refractivity contribution is 5.18. The van der Waals surface area contributed by atoms with Crippen LogP contribution in [0.2, 0.25) is 0 Å². The minimum atomic E-state index is -0.0167. The van der Waals surface area contributed by atoms with Crippen molar-refractivity contribution < 1.29 is 21.2 Å². The molecule has 0 aliphatic carbocycles. The third kappa shape index (κ3) is 5.35. The minimum absolute atomic E-state index is 0. The number of hydrogen-bond acceptors (Lipinski definition) is 0. The molecule has 0 saturated heterocycles. The smallest absolute Gasteiger partial charge is 0.0776 e. The Bertz CT molecular complexity index is 466. The highest BCUT2D eigenvalue weighted by atomic mass is 127. The van der Waals surface area contributed by atoms with Crippen LogP contribution >= 0.6 is 0 Å². The first kappa shape index (κ1) is 18.2. The van der Waals surface area contributed by atoms with Crippen molar-refractivity contribution in [1.29, 1.82) is 0 Å². The molecule has 0 fully saturated rings. The summed E-state index contributed by atoms with van der Waals surface area (Å²) in [5.74, 6) is 0.627. The third-order valence-electron chi connectivity index (χ3n) is 2.77. The summed E-state index contributed by atoms with van der Waals surface area (Å²) < 4.78 is 2.99. The van der Waals surface area contributed by atoms with Crippen LogP contribution in [0, 0.1) is 14.1 Å². The molecule has 19 heavy (non-hydrogen) atoms. The van der Waals surface area contributed by atoms with Gasteiger partial charge in [-0.05, 0) is 42.7 Å². The molecule has 0 heterocycles. The standard InChI is InChI=1S/C16H18I.2CH4/c1-12(2)14-6-10-16(11-7-14)17-15-8-4-13(3)5-9-15;;/h4-12H,1-3H3;2*1H4/q+1;;. The zero-order chi connectivity index (χ0) is 12.3.